The Hall–Kier alpha value is -1.64. The third kappa shape index (κ3) is 2.42. The third-order valence-electron chi connectivity index (χ3n) is 1.78. The molecule has 5 nitrogen and oxygen atoms in total. The number of hydrogen-bond donors (Lipinski definition) is 3. The number of pyridine rings is 1. The predicted octanol–water partition coefficient (Wildman–Crippen LogP) is -0.317. The van der Waals surface area contributed by atoms with E-state index in [-0.39, 0.29) is 17.5 Å². The standard InChI is InChI=1S/C9H10N2O3/c10-3-1-8(13)9(14)7-5-6(12)2-4-11-7/h2,4-5,8-9,13-14H,1H2,(H,11,12). The Labute approximate surface area is 80.3 Å². The van der Waals surface area contributed by atoms with E-state index in [0.29, 0.717) is 0 Å². The molecule has 1 heterocycles. The zero-order valence-corrected chi connectivity index (χ0v) is 7.34. The number of aliphatic hydroxyl groups is 2. The van der Waals surface area contributed by atoms with Crippen molar-refractivity contribution in [3.8, 4) is 6.07 Å². The molecule has 0 aliphatic rings. The number of nitriles is 1. The summed E-state index contributed by atoms with van der Waals surface area (Å²) in [5.74, 6) is 0. The number of aromatic amines is 1. The monoisotopic (exact) mass is 194 g/mol. The van der Waals surface area contributed by atoms with Gasteiger partial charge in [-0.05, 0) is 0 Å². The summed E-state index contributed by atoms with van der Waals surface area (Å²) in [5.41, 5.74) is -0.0535. The van der Waals surface area contributed by atoms with E-state index in [1.165, 1.54) is 18.3 Å². The molecule has 0 fully saturated rings. The molecule has 1 aromatic rings. The number of H-pyrrole nitrogens is 1. The van der Waals surface area contributed by atoms with Crippen molar-refractivity contribution in [1.82, 2.24) is 4.98 Å². The second kappa shape index (κ2) is 4.56. The maximum absolute atomic E-state index is 10.9. The van der Waals surface area contributed by atoms with Gasteiger partial charge in [-0.15, -0.1) is 0 Å². The fraction of sp³-hybridized carbons (Fsp3) is 0.333. The lowest BCUT2D eigenvalue weighted by Crippen LogP contribution is -2.19. The lowest BCUT2D eigenvalue weighted by Gasteiger charge is -2.14. The summed E-state index contributed by atoms with van der Waals surface area (Å²) in [6, 6.07) is 4.22. The van der Waals surface area contributed by atoms with E-state index in [9.17, 15) is 15.0 Å². The van der Waals surface area contributed by atoms with Crippen molar-refractivity contribution < 1.29 is 10.2 Å². The van der Waals surface area contributed by atoms with E-state index in [4.69, 9.17) is 5.26 Å². The molecule has 74 valence electrons. The lowest BCUT2D eigenvalue weighted by molar-refractivity contribution is 0.0190. The average Bonchev–Trinajstić information content (AvgIpc) is 2.17. The Bertz CT molecular complexity index is 394. The smallest absolute Gasteiger partial charge is 0.181 e. The van der Waals surface area contributed by atoms with Crippen LogP contribution in [0, 0.1) is 11.3 Å². The maximum Gasteiger partial charge on any atom is 0.181 e. The summed E-state index contributed by atoms with van der Waals surface area (Å²) in [5, 5.41) is 27.0. The fourth-order valence-electron chi connectivity index (χ4n) is 1.05. The number of hydrogen-bond acceptors (Lipinski definition) is 4. The molecule has 1 aromatic heterocycles. The Kier molecular flexibility index (Phi) is 3.40. The highest BCUT2D eigenvalue weighted by Gasteiger charge is 2.18. The van der Waals surface area contributed by atoms with Crippen LogP contribution in [-0.2, 0) is 0 Å². The van der Waals surface area contributed by atoms with Gasteiger partial charge in [0.05, 0.1) is 24.3 Å². The van der Waals surface area contributed by atoms with E-state index in [1.54, 1.807) is 6.07 Å². The van der Waals surface area contributed by atoms with Crippen molar-refractivity contribution in [3.63, 3.8) is 0 Å². The first-order valence-electron chi connectivity index (χ1n) is 4.07. The summed E-state index contributed by atoms with van der Waals surface area (Å²) in [6.07, 6.45) is -1.22. The number of nitrogens with zero attached hydrogens (tertiary/aromatic N) is 1. The normalized spacial score (nSPS) is 14.4. The second-order valence-electron chi connectivity index (χ2n) is 2.85. The van der Waals surface area contributed by atoms with E-state index >= 15 is 0 Å². The topological polar surface area (TPSA) is 97.1 Å². The Morgan fingerprint density at radius 1 is 1.57 bits per heavy atom. The minimum Gasteiger partial charge on any atom is -0.389 e. The molecule has 0 bridgehead atoms. The van der Waals surface area contributed by atoms with Gasteiger partial charge in [0.2, 0.25) is 0 Å². The Morgan fingerprint density at radius 3 is 2.86 bits per heavy atom. The molecule has 0 aliphatic carbocycles. The van der Waals surface area contributed by atoms with Crippen LogP contribution in [0.25, 0.3) is 0 Å². The van der Waals surface area contributed by atoms with Crippen molar-refractivity contribution >= 4 is 0 Å². The number of nitrogens with one attached hydrogen (secondary N) is 1. The molecule has 14 heavy (non-hydrogen) atoms. The minimum absolute atomic E-state index is 0.182. The van der Waals surface area contributed by atoms with Crippen LogP contribution < -0.4 is 5.43 Å². The van der Waals surface area contributed by atoms with Gasteiger partial charge >= 0.3 is 0 Å². The Balaban J connectivity index is 2.84. The van der Waals surface area contributed by atoms with E-state index in [1.807, 2.05) is 0 Å². The highest BCUT2D eigenvalue weighted by molar-refractivity contribution is 5.09. The number of aliphatic hydroxyl groups excluding tert-OH is 2. The van der Waals surface area contributed by atoms with Gasteiger partial charge < -0.3 is 15.2 Å². The summed E-state index contributed by atoms with van der Waals surface area (Å²) in [7, 11) is 0. The van der Waals surface area contributed by atoms with Crippen LogP contribution in [0.2, 0.25) is 0 Å². The summed E-state index contributed by atoms with van der Waals surface area (Å²) in [4.78, 5) is 13.5. The lowest BCUT2D eigenvalue weighted by atomic mass is 10.1. The average molecular weight is 194 g/mol. The van der Waals surface area contributed by atoms with Crippen molar-refractivity contribution in [3.05, 3.63) is 34.2 Å². The molecule has 0 radical (unpaired) electrons. The molecule has 0 aromatic carbocycles. The quantitative estimate of drug-likeness (QED) is 0.614. The van der Waals surface area contributed by atoms with Crippen LogP contribution in [0.5, 0.6) is 0 Å². The van der Waals surface area contributed by atoms with Gasteiger partial charge in [0.1, 0.15) is 6.10 Å². The molecule has 2 unspecified atom stereocenters. The third-order valence-corrected chi connectivity index (χ3v) is 1.78. The van der Waals surface area contributed by atoms with Crippen molar-refractivity contribution in [1.29, 1.82) is 5.26 Å². The van der Waals surface area contributed by atoms with Gasteiger partial charge in [-0.25, -0.2) is 0 Å². The molecule has 0 aliphatic heterocycles. The van der Waals surface area contributed by atoms with Gasteiger partial charge in [-0.1, -0.05) is 0 Å². The van der Waals surface area contributed by atoms with Crippen LogP contribution in [0.4, 0.5) is 0 Å². The Morgan fingerprint density at radius 2 is 2.29 bits per heavy atom. The molecule has 0 spiro atoms. The van der Waals surface area contributed by atoms with E-state index in [0.717, 1.165) is 0 Å². The summed E-state index contributed by atoms with van der Waals surface area (Å²) < 4.78 is 0. The van der Waals surface area contributed by atoms with E-state index < -0.39 is 12.2 Å². The first-order valence-corrected chi connectivity index (χ1v) is 4.07. The first-order chi connectivity index (χ1) is 6.65. The molecule has 0 amide bonds. The highest BCUT2D eigenvalue weighted by Crippen LogP contribution is 2.14. The van der Waals surface area contributed by atoms with E-state index in [2.05, 4.69) is 4.98 Å². The van der Waals surface area contributed by atoms with Crippen LogP contribution in [0.3, 0.4) is 0 Å². The van der Waals surface area contributed by atoms with Crippen LogP contribution in [-0.4, -0.2) is 21.3 Å². The highest BCUT2D eigenvalue weighted by atomic mass is 16.3. The molecular weight excluding hydrogens is 184 g/mol. The fourth-order valence-corrected chi connectivity index (χ4v) is 1.05. The van der Waals surface area contributed by atoms with Gasteiger partial charge in [-0.3, -0.25) is 4.79 Å². The maximum atomic E-state index is 10.9. The number of rotatable bonds is 3. The van der Waals surface area contributed by atoms with Crippen molar-refractivity contribution in [2.24, 2.45) is 0 Å². The molecule has 0 saturated heterocycles. The zero-order chi connectivity index (χ0) is 10.6. The minimum atomic E-state index is -1.23. The van der Waals surface area contributed by atoms with Gasteiger partial charge in [0.25, 0.3) is 0 Å². The second-order valence-corrected chi connectivity index (χ2v) is 2.85. The largest absolute Gasteiger partial charge is 0.389 e. The SMILES string of the molecule is N#CCC(O)C(O)c1cc(=O)cc[nH]1. The van der Waals surface area contributed by atoms with Crippen LogP contribution >= 0.6 is 0 Å². The van der Waals surface area contributed by atoms with Gasteiger partial charge in [-0.2, -0.15) is 5.26 Å². The molecule has 5 heteroatoms. The molecule has 3 N–H and O–H groups in total. The first kappa shape index (κ1) is 10.4. The van der Waals surface area contributed by atoms with Gasteiger partial charge in [0, 0.05) is 18.3 Å². The predicted molar refractivity (Wildman–Crippen MR) is 48.3 cm³/mol. The van der Waals surface area contributed by atoms with Crippen LogP contribution in [0.1, 0.15) is 18.2 Å². The van der Waals surface area contributed by atoms with Gasteiger partial charge in [0.15, 0.2) is 5.43 Å². The molecule has 2 atom stereocenters. The van der Waals surface area contributed by atoms with Crippen LogP contribution in [0.15, 0.2) is 23.1 Å². The summed E-state index contributed by atoms with van der Waals surface area (Å²) >= 11 is 0. The summed E-state index contributed by atoms with van der Waals surface area (Å²) in [6.45, 7) is 0. The van der Waals surface area contributed by atoms with Crippen molar-refractivity contribution in [2.75, 3.05) is 0 Å². The zero-order valence-electron chi connectivity index (χ0n) is 7.34. The van der Waals surface area contributed by atoms with Crippen molar-refractivity contribution in [2.45, 2.75) is 18.6 Å². The number of aromatic nitrogens is 1. The molecule has 1 rings (SSSR count). The molecule has 0 saturated carbocycles. The molecular formula is C9H10N2O3.